The van der Waals surface area contributed by atoms with E-state index >= 15 is 0 Å². The van der Waals surface area contributed by atoms with Gasteiger partial charge in [0.25, 0.3) is 0 Å². The predicted molar refractivity (Wildman–Crippen MR) is 123 cm³/mol. The van der Waals surface area contributed by atoms with Gasteiger partial charge in [-0.1, -0.05) is 18.2 Å². The number of urea groups is 1. The molecule has 0 bridgehead atoms. The summed E-state index contributed by atoms with van der Waals surface area (Å²) in [6.07, 6.45) is -3.25. The maximum Gasteiger partial charge on any atom is 0.419 e. The van der Waals surface area contributed by atoms with Gasteiger partial charge in [-0.15, -0.1) is 10.2 Å². The van der Waals surface area contributed by atoms with Crippen LogP contribution in [0.5, 0.6) is 0 Å². The van der Waals surface area contributed by atoms with Crippen LogP contribution in [0.4, 0.5) is 33.7 Å². The molecular weight excluding hydrogens is 478 g/mol. The molecule has 5 rings (SSSR count). The first-order valence-corrected chi connectivity index (χ1v) is 10.5. The average Bonchev–Trinajstić information content (AvgIpc) is 3.28. The number of fused-ring (bicyclic) bond motifs is 1. The SMILES string of the molecule is O=C(Nc1cccc(-c2ccc3nnc(-c4ccccn4)n3n2)c1)Nc1ccc(F)c(C(F)(F)F)c1. The highest BCUT2D eigenvalue weighted by Gasteiger charge is 2.34. The molecule has 0 spiro atoms. The fraction of sp³-hybridized carbons (Fsp3) is 0.0417. The third-order valence-corrected chi connectivity index (χ3v) is 5.10. The third-order valence-electron chi connectivity index (χ3n) is 5.10. The number of halogens is 4. The summed E-state index contributed by atoms with van der Waals surface area (Å²) in [7, 11) is 0. The molecule has 36 heavy (non-hydrogen) atoms. The maximum absolute atomic E-state index is 13.5. The van der Waals surface area contributed by atoms with Crippen LogP contribution in [0.25, 0.3) is 28.4 Å². The summed E-state index contributed by atoms with van der Waals surface area (Å²) >= 11 is 0. The largest absolute Gasteiger partial charge is 0.419 e. The van der Waals surface area contributed by atoms with Gasteiger partial charge in [-0.25, -0.2) is 9.18 Å². The normalized spacial score (nSPS) is 11.4. The highest BCUT2D eigenvalue weighted by Crippen LogP contribution is 2.33. The Hall–Kier alpha value is -4.87. The van der Waals surface area contributed by atoms with Crippen molar-refractivity contribution in [3.05, 3.63) is 90.4 Å². The number of nitrogens with one attached hydrogen (secondary N) is 2. The molecule has 12 heteroatoms. The number of carbonyl (C=O) groups is 1. The van der Waals surface area contributed by atoms with Gasteiger partial charge >= 0.3 is 12.2 Å². The Morgan fingerprint density at radius 3 is 2.39 bits per heavy atom. The molecule has 0 aliphatic rings. The summed E-state index contributed by atoms with van der Waals surface area (Å²) in [6, 6.07) is 17.0. The van der Waals surface area contributed by atoms with Gasteiger partial charge in [0.15, 0.2) is 5.65 Å². The fourth-order valence-corrected chi connectivity index (χ4v) is 3.47. The molecule has 3 heterocycles. The van der Waals surface area contributed by atoms with Crippen LogP contribution in [0.15, 0.2) is 79.0 Å². The second-order valence-corrected chi connectivity index (χ2v) is 7.58. The summed E-state index contributed by atoms with van der Waals surface area (Å²) in [4.78, 5) is 16.7. The van der Waals surface area contributed by atoms with Gasteiger partial charge in [0.2, 0.25) is 5.82 Å². The van der Waals surface area contributed by atoms with Crippen LogP contribution >= 0.6 is 0 Å². The van der Waals surface area contributed by atoms with Crippen LogP contribution in [-0.2, 0) is 6.18 Å². The van der Waals surface area contributed by atoms with Crippen molar-refractivity contribution in [1.82, 2.24) is 24.8 Å². The van der Waals surface area contributed by atoms with Gasteiger partial charge in [0.1, 0.15) is 11.5 Å². The monoisotopic (exact) mass is 493 g/mol. The minimum absolute atomic E-state index is 0.209. The Bertz CT molecular complexity index is 1570. The van der Waals surface area contributed by atoms with Crippen molar-refractivity contribution >= 4 is 23.1 Å². The Morgan fingerprint density at radius 2 is 1.64 bits per heavy atom. The number of amides is 2. The number of alkyl halides is 3. The Kier molecular flexibility index (Phi) is 5.76. The number of anilines is 2. The first-order chi connectivity index (χ1) is 17.3. The quantitative estimate of drug-likeness (QED) is 0.315. The highest BCUT2D eigenvalue weighted by molar-refractivity contribution is 6.00. The van der Waals surface area contributed by atoms with Crippen molar-refractivity contribution in [3.8, 4) is 22.8 Å². The zero-order chi connectivity index (χ0) is 25.3. The molecule has 0 saturated carbocycles. The number of aromatic nitrogens is 5. The number of hydrogen-bond donors (Lipinski definition) is 2. The van der Waals surface area contributed by atoms with Gasteiger partial charge in [-0.05, 0) is 54.6 Å². The lowest BCUT2D eigenvalue weighted by Crippen LogP contribution is -2.20. The molecule has 0 fully saturated rings. The smallest absolute Gasteiger partial charge is 0.308 e. The van der Waals surface area contributed by atoms with Crippen molar-refractivity contribution in [3.63, 3.8) is 0 Å². The van der Waals surface area contributed by atoms with Crippen molar-refractivity contribution in [2.75, 3.05) is 10.6 Å². The number of nitrogens with zero attached hydrogens (tertiary/aromatic N) is 5. The van der Waals surface area contributed by atoms with E-state index in [2.05, 4.69) is 30.9 Å². The van der Waals surface area contributed by atoms with Crippen LogP contribution in [0, 0.1) is 5.82 Å². The summed E-state index contributed by atoms with van der Waals surface area (Å²) in [5.74, 6) is -0.969. The lowest BCUT2D eigenvalue weighted by atomic mass is 10.1. The highest BCUT2D eigenvalue weighted by atomic mass is 19.4. The first-order valence-electron chi connectivity index (χ1n) is 10.5. The van der Waals surface area contributed by atoms with Gasteiger partial charge in [-0.2, -0.15) is 22.8 Å². The second kappa shape index (κ2) is 9.06. The third kappa shape index (κ3) is 4.69. The van der Waals surface area contributed by atoms with Crippen molar-refractivity contribution in [2.24, 2.45) is 0 Å². The number of hydrogen-bond acceptors (Lipinski definition) is 5. The van der Waals surface area contributed by atoms with E-state index in [1.54, 1.807) is 59.2 Å². The fourth-order valence-electron chi connectivity index (χ4n) is 3.47. The summed E-state index contributed by atoms with van der Waals surface area (Å²) in [6.45, 7) is 0. The Morgan fingerprint density at radius 1 is 0.833 bits per heavy atom. The van der Waals surface area contributed by atoms with Crippen LogP contribution in [-0.4, -0.2) is 30.8 Å². The number of carbonyl (C=O) groups excluding carboxylic acids is 1. The molecule has 2 aromatic carbocycles. The van der Waals surface area contributed by atoms with Crippen LogP contribution < -0.4 is 10.6 Å². The van der Waals surface area contributed by atoms with E-state index in [1.807, 2.05) is 6.07 Å². The first kappa shape index (κ1) is 22.9. The minimum atomic E-state index is -4.89. The lowest BCUT2D eigenvalue weighted by molar-refractivity contribution is -0.139. The molecular formula is C24H15F4N7O. The van der Waals surface area contributed by atoms with Crippen molar-refractivity contribution < 1.29 is 22.4 Å². The molecule has 0 saturated heterocycles. The number of pyridine rings is 1. The molecule has 0 aliphatic carbocycles. The number of benzene rings is 2. The van der Waals surface area contributed by atoms with Crippen molar-refractivity contribution in [2.45, 2.75) is 6.18 Å². The Balaban J connectivity index is 1.37. The summed E-state index contributed by atoms with van der Waals surface area (Å²) in [5.41, 5.74) is 0.996. The molecule has 3 aromatic heterocycles. The molecule has 0 atom stereocenters. The minimum Gasteiger partial charge on any atom is -0.308 e. The standard InChI is InChI=1S/C24H15F4N7O/c25-18-8-7-16(13-17(18)24(26,27)28)31-23(36)30-15-5-3-4-14(12-15)19-9-10-21-32-33-22(35(21)34-19)20-6-1-2-11-29-20/h1-13H,(H2,30,31,36). The van der Waals surface area contributed by atoms with Gasteiger partial charge in [0.05, 0.1) is 11.3 Å². The van der Waals surface area contributed by atoms with Gasteiger partial charge < -0.3 is 10.6 Å². The molecule has 2 amide bonds. The van der Waals surface area contributed by atoms with E-state index in [4.69, 9.17) is 0 Å². The second-order valence-electron chi connectivity index (χ2n) is 7.58. The summed E-state index contributed by atoms with van der Waals surface area (Å²) < 4.78 is 53.8. The number of rotatable bonds is 4. The van der Waals surface area contributed by atoms with Crippen molar-refractivity contribution in [1.29, 1.82) is 0 Å². The molecule has 0 aliphatic heterocycles. The van der Waals surface area contributed by atoms with Crippen LogP contribution in [0.1, 0.15) is 5.56 Å². The zero-order valence-corrected chi connectivity index (χ0v) is 18.2. The van der Waals surface area contributed by atoms with E-state index in [1.165, 1.54) is 0 Å². The molecule has 180 valence electrons. The topological polar surface area (TPSA) is 97.1 Å². The van der Waals surface area contributed by atoms with E-state index < -0.39 is 23.6 Å². The molecule has 0 radical (unpaired) electrons. The van der Waals surface area contributed by atoms with E-state index in [9.17, 15) is 22.4 Å². The van der Waals surface area contributed by atoms with E-state index in [0.29, 0.717) is 46.2 Å². The van der Waals surface area contributed by atoms with Gasteiger partial charge in [0, 0.05) is 23.1 Å². The maximum atomic E-state index is 13.5. The predicted octanol–water partition coefficient (Wildman–Crippen LogP) is 5.66. The zero-order valence-electron chi connectivity index (χ0n) is 18.2. The molecule has 8 nitrogen and oxygen atoms in total. The average molecular weight is 493 g/mol. The Labute approximate surface area is 200 Å². The van der Waals surface area contributed by atoms with Crippen LogP contribution in [0.2, 0.25) is 0 Å². The van der Waals surface area contributed by atoms with E-state index in [0.717, 1.165) is 6.07 Å². The lowest BCUT2D eigenvalue weighted by Gasteiger charge is -2.12. The molecule has 0 unspecified atom stereocenters. The summed E-state index contributed by atoms with van der Waals surface area (Å²) in [5, 5.41) is 17.7. The van der Waals surface area contributed by atoms with Crippen LogP contribution in [0.3, 0.4) is 0 Å². The molecule has 5 aromatic rings. The van der Waals surface area contributed by atoms with E-state index in [-0.39, 0.29) is 5.69 Å². The molecule has 2 N–H and O–H groups in total. The van der Waals surface area contributed by atoms with Gasteiger partial charge in [-0.3, -0.25) is 4.98 Å².